The third kappa shape index (κ3) is 3.38. The standard InChI is InChI=1S/C11H11Cl2NO6S2/c12-8-6-9(13)10(5-7(8)11(15)16)22(19,20)14-1-3-21(17,18)4-2-14/h5-6H,1-4H2,(H,15,16). The minimum absolute atomic E-state index is 0.183. The van der Waals surface area contributed by atoms with Crippen molar-refractivity contribution in [3.05, 3.63) is 27.7 Å². The first kappa shape index (κ1) is 17.5. The van der Waals surface area contributed by atoms with Gasteiger partial charge in [0.1, 0.15) is 4.90 Å². The van der Waals surface area contributed by atoms with Crippen LogP contribution in [0.4, 0.5) is 0 Å². The summed E-state index contributed by atoms with van der Waals surface area (Å²) in [5.41, 5.74) is -0.394. The van der Waals surface area contributed by atoms with Crippen molar-refractivity contribution < 1.29 is 26.7 Å². The van der Waals surface area contributed by atoms with Gasteiger partial charge < -0.3 is 5.11 Å². The number of aromatic carboxylic acids is 1. The molecule has 0 aromatic heterocycles. The van der Waals surface area contributed by atoms with E-state index in [1.165, 1.54) is 0 Å². The van der Waals surface area contributed by atoms with Gasteiger partial charge in [0.15, 0.2) is 9.84 Å². The maximum atomic E-state index is 12.5. The Morgan fingerprint density at radius 2 is 1.68 bits per heavy atom. The summed E-state index contributed by atoms with van der Waals surface area (Å²) in [6.07, 6.45) is 0. The summed E-state index contributed by atoms with van der Waals surface area (Å²) >= 11 is 11.6. The Kier molecular flexibility index (Phi) is 4.74. The SMILES string of the molecule is O=C(O)c1cc(S(=O)(=O)N2CCS(=O)(=O)CC2)c(Cl)cc1Cl. The monoisotopic (exact) mass is 387 g/mol. The van der Waals surface area contributed by atoms with Crippen LogP contribution in [0.5, 0.6) is 0 Å². The van der Waals surface area contributed by atoms with Crippen molar-refractivity contribution in [2.75, 3.05) is 24.6 Å². The van der Waals surface area contributed by atoms with Crippen LogP contribution < -0.4 is 0 Å². The van der Waals surface area contributed by atoms with E-state index in [0.717, 1.165) is 16.4 Å². The van der Waals surface area contributed by atoms with Gasteiger partial charge in [0.2, 0.25) is 10.0 Å². The summed E-state index contributed by atoms with van der Waals surface area (Å²) in [5.74, 6) is -1.97. The van der Waals surface area contributed by atoms with E-state index in [2.05, 4.69) is 0 Å². The molecule has 0 bridgehead atoms. The average Bonchev–Trinajstić information content (AvgIpc) is 2.37. The van der Waals surface area contributed by atoms with Gasteiger partial charge in [-0.3, -0.25) is 0 Å². The van der Waals surface area contributed by atoms with E-state index >= 15 is 0 Å². The molecule has 22 heavy (non-hydrogen) atoms. The van der Waals surface area contributed by atoms with Gasteiger partial charge >= 0.3 is 5.97 Å². The van der Waals surface area contributed by atoms with Crippen LogP contribution in [0.15, 0.2) is 17.0 Å². The van der Waals surface area contributed by atoms with E-state index < -0.39 is 36.3 Å². The molecule has 2 rings (SSSR count). The molecule has 1 aromatic rings. The molecule has 7 nitrogen and oxygen atoms in total. The molecule has 1 N–H and O–H groups in total. The Balaban J connectivity index is 2.46. The Bertz CT molecular complexity index is 820. The molecular formula is C11H11Cl2NO6S2. The fraction of sp³-hybridized carbons (Fsp3) is 0.364. The number of hydrogen-bond donors (Lipinski definition) is 1. The van der Waals surface area contributed by atoms with Crippen molar-refractivity contribution in [2.45, 2.75) is 4.90 Å². The Morgan fingerprint density at radius 3 is 2.18 bits per heavy atom. The van der Waals surface area contributed by atoms with Crippen LogP contribution >= 0.6 is 23.2 Å². The maximum Gasteiger partial charge on any atom is 0.337 e. The van der Waals surface area contributed by atoms with Crippen LogP contribution in [0, 0.1) is 0 Å². The van der Waals surface area contributed by atoms with Gasteiger partial charge in [0.25, 0.3) is 0 Å². The highest BCUT2D eigenvalue weighted by atomic mass is 35.5. The molecule has 1 saturated heterocycles. The largest absolute Gasteiger partial charge is 0.478 e. The molecule has 1 aliphatic heterocycles. The molecule has 0 atom stereocenters. The lowest BCUT2D eigenvalue weighted by atomic mass is 10.2. The summed E-state index contributed by atoms with van der Waals surface area (Å²) in [5, 5.41) is 8.61. The first-order valence-corrected chi connectivity index (χ1v) is 9.99. The van der Waals surface area contributed by atoms with E-state index in [4.69, 9.17) is 28.3 Å². The highest BCUT2D eigenvalue weighted by Gasteiger charge is 2.33. The highest BCUT2D eigenvalue weighted by molar-refractivity contribution is 7.92. The topological polar surface area (TPSA) is 109 Å². The maximum absolute atomic E-state index is 12.5. The van der Waals surface area contributed by atoms with Crippen molar-refractivity contribution in [1.82, 2.24) is 4.31 Å². The number of hydrogen-bond acceptors (Lipinski definition) is 5. The number of carboxylic acids is 1. The molecule has 0 saturated carbocycles. The second-order valence-electron chi connectivity index (χ2n) is 4.62. The Labute approximate surface area is 137 Å². The van der Waals surface area contributed by atoms with Gasteiger partial charge in [-0.15, -0.1) is 0 Å². The number of sulfone groups is 1. The molecule has 1 fully saturated rings. The molecule has 0 unspecified atom stereocenters. The molecule has 1 aliphatic rings. The van der Waals surface area contributed by atoms with Gasteiger partial charge in [-0.25, -0.2) is 21.6 Å². The summed E-state index contributed by atoms with van der Waals surface area (Å²) < 4.78 is 48.7. The number of benzene rings is 1. The van der Waals surface area contributed by atoms with Gasteiger partial charge in [-0.1, -0.05) is 23.2 Å². The number of sulfonamides is 1. The lowest BCUT2D eigenvalue weighted by molar-refractivity contribution is 0.0697. The van der Waals surface area contributed by atoms with Crippen LogP contribution in [-0.2, 0) is 19.9 Å². The molecule has 122 valence electrons. The average molecular weight is 388 g/mol. The zero-order valence-corrected chi connectivity index (χ0v) is 14.1. The van der Waals surface area contributed by atoms with Crippen LogP contribution in [0.2, 0.25) is 10.0 Å². The lowest BCUT2D eigenvalue weighted by Gasteiger charge is -2.26. The number of carbonyl (C=O) groups is 1. The molecule has 11 heteroatoms. The van der Waals surface area contributed by atoms with Gasteiger partial charge in [-0.05, 0) is 12.1 Å². The number of nitrogens with zero attached hydrogens (tertiary/aromatic N) is 1. The number of carboxylic acid groups (broad SMARTS) is 1. The van der Waals surface area contributed by atoms with Gasteiger partial charge in [-0.2, -0.15) is 4.31 Å². The van der Waals surface area contributed by atoms with Crippen molar-refractivity contribution >= 4 is 49.0 Å². The predicted octanol–water partition coefficient (Wildman–Crippen LogP) is 1.11. The summed E-state index contributed by atoms with van der Waals surface area (Å²) in [6, 6.07) is 1.92. The highest BCUT2D eigenvalue weighted by Crippen LogP contribution is 2.31. The molecular weight excluding hydrogens is 377 g/mol. The van der Waals surface area contributed by atoms with Crippen LogP contribution in [0.3, 0.4) is 0 Å². The van der Waals surface area contributed by atoms with E-state index in [0.29, 0.717) is 0 Å². The van der Waals surface area contributed by atoms with E-state index in [-0.39, 0.29) is 34.6 Å². The third-order valence-electron chi connectivity index (χ3n) is 3.17. The summed E-state index contributed by atoms with van der Waals surface area (Å²) in [7, 11) is -7.35. The number of halogens is 2. The number of rotatable bonds is 3. The molecule has 1 aromatic carbocycles. The van der Waals surface area contributed by atoms with E-state index in [1.54, 1.807) is 0 Å². The first-order chi connectivity index (χ1) is 10.0. The van der Waals surface area contributed by atoms with Crippen LogP contribution in [0.25, 0.3) is 0 Å². The molecule has 1 heterocycles. The zero-order chi connectivity index (χ0) is 16.7. The van der Waals surface area contributed by atoms with Crippen molar-refractivity contribution in [2.24, 2.45) is 0 Å². The van der Waals surface area contributed by atoms with Crippen LogP contribution in [0.1, 0.15) is 10.4 Å². The Morgan fingerprint density at radius 1 is 1.14 bits per heavy atom. The fourth-order valence-corrected chi connectivity index (χ4v) is 5.67. The molecule has 0 amide bonds. The minimum atomic E-state index is -4.10. The van der Waals surface area contributed by atoms with Gasteiger partial charge in [0, 0.05) is 13.1 Å². The molecule has 0 spiro atoms. The summed E-state index contributed by atoms with van der Waals surface area (Å²) in [4.78, 5) is 10.7. The second-order valence-corrected chi connectivity index (χ2v) is 9.65. The van der Waals surface area contributed by atoms with Gasteiger partial charge in [0.05, 0.1) is 27.1 Å². The normalized spacial score (nSPS) is 19.0. The van der Waals surface area contributed by atoms with E-state index in [1.807, 2.05) is 0 Å². The van der Waals surface area contributed by atoms with E-state index in [9.17, 15) is 21.6 Å². The van der Waals surface area contributed by atoms with Crippen molar-refractivity contribution in [3.63, 3.8) is 0 Å². The fourth-order valence-electron chi connectivity index (χ4n) is 1.97. The van der Waals surface area contributed by atoms with Crippen molar-refractivity contribution in [3.8, 4) is 0 Å². The van der Waals surface area contributed by atoms with Crippen LogP contribution in [-0.4, -0.2) is 56.8 Å². The summed E-state index contributed by atoms with van der Waals surface area (Å²) in [6.45, 7) is -0.405. The zero-order valence-electron chi connectivity index (χ0n) is 11.0. The lowest BCUT2D eigenvalue weighted by Crippen LogP contribution is -2.43. The minimum Gasteiger partial charge on any atom is -0.478 e. The third-order valence-corrected chi connectivity index (χ3v) is 7.46. The smallest absolute Gasteiger partial charge is 0.337 e. The quantitative estimate of drug-likeness (QED) is 0.831. The molecule has 0 radical (unpaired) electrons. The van der Waals surface area contributed by atoms with Crippen molar-refractivity contribution in [1.29, 1.82) is 0 Å². The first-order valence-electron chi connectivity index (χ1n) is 5.97. The predicted molar refractivity (Wildman–Crippen MR) is 80.8 cm³/mol. The molecule has 0 aliphatic carbocycles. The second kappa shape index (κ2) is 5.97. The Hall–Kier alpha value is -0.870.